The number of nitrogens with one attached hydrogen (secondary N) is 1. The van der Waals surface area contributed by atoms with Crippen molar-refractivity contribution >= 4 is 16.2 Å². The Morgan fingerprint density at radius 3 is 2.19 bits per heavy atom. The predicted molar refractivity (Wildman–Crippen MR) is 59.1 cm³/mol. The third-order valence-electron chi connectivity index (χ3n) is 2.61. The zero-order chi connectivity index (χ0) is 12.3. The van der Waals surface area contributed by atoms with Crippen molar-refractivity contribution in [3.05, 3.63) is 0 Å². The number of carbonyl (C=O) groups is 1. The minimum Gasteiger partial charge on any atom is -0.480 e. The van der Waals surface area contributed by atoms with Crippen molar-refractivity contribution in [1.82, 2.24) is 9.03 Å². The summed E-state index contributed by atoms with van der Waals surface area (Å²) in [5.41, 5.74) is 0. The summed E-state index contributed by atoms with van der Waals surface area (Å²) in [6.07, 6.45) is 1.67. The van der Waals surface area contributed by atoms with Gasteiger partial charge in [0, 0.05) is 13.1 Å². The summed E-state index contributed by atoms with van der Waals surface area (Å²) in [5.74, 6) is -1.42. The molecule has 1 fully saturated rings. The zero-order valence-corrected chi connectivity index (χ0v) is 10.3. The smallest absolute Gasteiger partial charge is 0.322 e. The molecule has 0 spiro atoms. The average molecular weight is 250 g/mol. The van der Waals surface area contributed by atoms with Crippen LogP contribution in [0.25, 0.3) is 0 Å². The monoisotopic (exact) mass is 250 g/mol. The molecule has 94 valence electrons. The van der Waals surface area contributed by atoms with Crippen LogP contribution in [0.2, 0.25) is 0 Å². The molecule has 1 rings (SSSR count). The van der Waals surface area contributed by atoms with Crippen molar-refractivity contribution in [2.45, 2.75) is 32.7 Å². The van der Waals surface area contributed by atoms with E-state index in [9.17, 15) is 13.2 Å². The third kappa shape index (κ3) is 3.16. The lowest BCUT2D eigenvalue weighted by atomic mass is 10.1. The number of nitrogens with zero attached hydrogens (tertiary/aromatic N) is 1. The molecule has 1 aliphatic heterocycles. The van der Waals surface area contributed by atoms with Gasteiger partial charge in [0.15, 0.2) is 0 Å². The molecule has 1 aliphatic rings. The summed E-state index contributed by atoms with van der Waals surface area (Å²) in [5, 5.41) is 8.90. The maximum absolute atomic E-state index is 11.8. The highest BCUT2D eigenvalue weighted by molar-refractivity contribution is 7.87. The van der Waals surface area contributed by atoms with Gasteiger partial charge in [-0.15, -0.1) is 0 Å². The first-order valence-corrected chi connectivity index (χ1v) is 6.79. The molecule has 0 saturated carbocycles. The van der Waals surface area contributed by atoms with Crippen LogP contribution in [-0.2, 0) is 15.0 Å². The second-order valence-corrected chi connectivity index (χ2v) is 5.99. The van der Waals surface area contributed by atoms with Crippen molar-refractivity contribution in [2.75, 3.05) is 13.1 Å². The summed E-state index contributed by atoms with van der Waals surface area (Å²) in [6, 6.07) is -1.06. The molecule has 0 unspecified atom stereocenters. The highest BCUT2D eigenvalue weighted by Gasteiger charge is 2.32. The predicted octanol–water partition coefficient (Wildman–Crippen LogP) is 0.0258. The fourth-order valence-electron chi connectivity index (χ4n) is 1.64. The Bertz CT molecular complexity index is 347. The Kier molecular flexibility index (Phi) is 4.28. The lowest BCUT2D eigenvalue weighted by Crippen LogP contribution is -2.49. The van der Waals surface area contributed by atoms with Gasteiger partial charge in [-0.1, -0.05) is 13.8 Å². The van der Waals surface area contributed by atoms with Gasteiger partial charge in [0.25, 0.3) is 10.2 Å². The van der Waals surface area contributed by atoms with Gasteiger partial charge in [0.2, 0.25) is 0 Å². The van der Waals surface area contributed by atoms with Crippen LogP contribution in [0.5, 0.6) is 0 Å². The SMILES string of the molecule is CC(C)[C@@H](NS(=O)(=O)N1CCCC1)C(=O)O. The van der Waals surface area contributed by atoms with Gasteiger partial charge in [-0.2, -0.15) is 17.4 Å². The first-order valence-electron chi connectivity index (χ1n) is 5.35. The normalized spacial score (nSPS) is 20.2. The maximum atomic E-state index is 11.8. The van der Waals surface area contributed by atoms with Gasteiger partial charge in [0.1, 0.15) is 6.04 Å². The Hall–Kier alpha value is -0.660. The van der Waals surface area contributed by atoms with Crippen LogP contribution in [0, 0.1) is 5.92 Å². The summed E-state index contributed by atoms with van der Waals surface area (Å²) in [7, 11) is -3.65. The van der Waals surface area contributed by atoms with Crippen LogP contribution < -0.4 is 4.72 Å². The Labute approximate surface area is 95.8 Å². The maximum Gasteiger partial charge on any atom is 0.322 e. The first-order chi connectivity index (χ1) is 7.34. The lowest BCUT2D eigenvalue weighted by molar-refractivity contribution is -0.140. The minimum absolute atomic E-state index is 0.283. The van der Waals surface area contributed by atoms with Crippen LogP contribution in [0.3, 0.4) is 0 Å². The molecule has 2 N–H and O–H groups in total. The summed E-state index contributed by atoms with van der Waals surface area (Å²) >= 11 is 0. The van der Waals surface area contributed by atoms with E-state index >= 15 is 0 Å². The average Bonchev–Trinajstić information content (AvgIpc) is 2.66. The van der Waals surface area contributed by atoms with Gasteiger partial charge in [-0.05, 0) is 18.8 Å². The van der Waals surface area contributed by atoms with E-state index in [2.05, 4.69) is 4.72 Å². The topological polar surface area (TPSA) is 86.7 Å². The third-order valence-corrected chi connectivity index (χ3v) is 4.21. The fourth-order valence-corrected chi connectivity index (χ4v) is 3.22. The van der Waals surface area contributed by atoms with E-state index in [1.807, 2.05) is 0 Å². The molecule has 0 aliphatic carbocycles. The van der Waals surface area contributed by atoms with Crippen LogP contribution in [0.1, 0.15) is 26.7 Å². The Morgan fingerprint density at radius 1 is 1.31 bits per heavy atom. The van der Waals surface area contributed by atoms with E-state index in [1.54, 1.807) is 13.8 Å². The molecule has 1 saturated heterocycles. The van der Waals surface area contributed by atoms with E-state index in [4.69, 9.17) is 5.11 Å². The highest BCUT2D eigenvalue weighted by Crippen LogP contribution is 2.13. The van der Waals surface area contributed by atoms with Crippen molar-refractivity contribution in [3.8, 4) is 0 Å². The number of aliphatic carboxylic acids is 1. The molecule has 1 atom stereocenters. The summed E-state index contributed by atoms with van der Waals surface area (Å²) < 4.78 is 27.1. The van der Waals surface area contributed by atoms with E-state index in [-0.39, 0.29) is 5.92 Å². The summed E-state index contributed by atoms with van der Waals surface area (Å²) in [4.78, 5) is 10.9. The van der Waals surface area contributed by atoms with E-state index < -0.39 is 22.2 Å². The van der Waals surface area contributed by atoms with Crippen molar-refractivity contribution in [3.63, 3.8) is 0 Å². The standard InChI is InChI=1S/C9H18N2O4S/c1-7(2)8(9(12)13)10-16(14,15)11-5-3-4-6-11/h7-8,10H,3-6H2,1-2H3,(H,12,13)/t8-/m1/s1. The molecule has 1 heterocycles. The molecule has 0 aromatic rings. The molecule has 6 nitrogen and oxygen atoms in total. The van der Waals surface area contributed by atoms with E-state index in [1.165, 1.54) is 4.31 Å². The molecule has 0 aromatic carbocycles. The van der Waals surface area contributed by atoms with Crippen LogP contribution >= 0.6 is 0 Å². The van der Waals surface area contributed by atoms with Crippen molar-refractivity contribution < 1.29 is 18.3 Å². The highest BCUT2D eigenvalue weighted by atomic mass is 32.2. The minimum atomic E-state index is -3.65. The molecule has 0 amide bonds. The van der Waals surface area contributed by atoms with Crippen molar-refractivity contribution in [1.29, 1.82) is 0 Å². The van der Waals surface area contributed by atoms with Gasteiger partial charge in [-0.3, -0.25) is 4.79 Å². The van der Waals surface area contributed by atoms with Crippen LogP contribution in [0.15, 0.2) is 0 Å². The molecule has 7 heteroatoms. The van der Waals surface area contributed by atoms with Crippen LogP contribution in [0.4, 0.5) is 0 Å². The quantitative estimate of drug-likeness (QED) is 0.720. The van der Waals surface area contributed by atoms with E-state index in [0.717, 1.165) is 12.8 Å². The Balaban J connectivity index is 2.73. The number of rotatable bonds is 5. The van der Waals surface area contributed by atoms with Gasteiger partial charge < -0.3 is 5.11 Å². The summed E-state index contributed by atoms with van der Waals surface area (Å²) in [6.45, 7) is 4.29. The molecular weight excluding hydrogens is 232 g/mol. The number of hydrogen-bond acceptors (Lipinski definition) is 3. The van der Waals surface area contributed by atoms with Crippen LogP contribution in [-0.4, -0.2) is 42.9 Å². The second kappa shape index (κ2) is 5.11. The number of hydrogen-bond donors (Lipinski definition) is 2. The lowest BCUT2D eigenvalue weighted by Gasteiger charge is -2.22. The van der Waals surface area contributed by atoms with Gasteiger partial charge in [0.05, 0.1) is 0 Å². The zero-order valence-electron chi connectivity index (χ0n) is 9.51. The fraction of sp³-hybridized carbons (Fsp3) is 0.889. The van der Waals surface area contributed by atoms with Gasteiger partial charge in [-0.25, -0.2) is 0 Å². The second-order valence-electron chi connectivity index (χ2n) is 4.29. The number of carboxylic acids is 1. The van der Waals surface area contributed by atoms with E-state index in [0.29, 0.717) is 13.1 Å². The largest absolute Gasteiger partial charge is 0.480 e. The van der Waals surface area contributed by atoms with Crippen molar-refractivity contribution in [2.24, 2.45) is 5.92 Å². The molecule has 0 radical (unpaired) electrons. The molecule has 0 bridgehead atoms. The van der Waals surface area contributed by atoms with Gasteiger partial charge >= 0.3 is 5.97 Å². The molecule has 0 aromatic heterocycles. The first kappa shape index (κ1) is 13.4. The number of carboxylic acid groups (broad SMARTS) is 1. The molecular formula is C9H18N2O4S. The molecule has 16 heavy (non-hydrogen) atoms. The Morgan fingerprint density at radius 2 is 1.81 bits per heavy atom.